The number of aromatic amines is 1. The van der Waals surface area contributed by atoms with Crippen LogP contribution in [0.2, 0.25) is 0 Å². The van der Waals surface area contributed by atoms with Crippen molar-refractivity contribution in [2.75, 3.05) is 32.7 Å². The molecule has 2 aliphatic rings. The molecule has 8 heteroatoms. The Kier molecular flexibility index (Phi) is 8.03. The average Bonchev–Trinajstić information content (AvgIpc) is 2.92. The van der Waals surface area contributed by atoms with E-state index in [0.29, 0.717) is 17.0 Å². The normalized spacial score (nSPS) is 18.4. The first-order valence-electron chi connectivity index (χ1n) is 13.2. The molecule has 2 saturated heterocycles. The van der Waals surface area contributed by atoms with Crippen LogP contribution in [0.25, 0.3) is 11.4 Å². The van der Waals surface area contributed by atoms with Crippen molar-refractivity contribution in [2.45, 2.75) is 51.7 Å². The Balaban J connectivity index is 1.05. The number of hydrogen-bond donors (Lipinski definition) is 1. The Morgan fingerprint density at radius 1 is 1.00 bits per heavy atom. The highest BCUT2D eigenvalue weighted by molar-refractivity contribution is 5.57. The van der Waals surface area contributed by atoms with Gasteiger partial charge in [-0.3, -0.25) is 14.7 Å². The zero-order chi connectivity index (χ0) is 24.7. The van der Waals surface area contributed by atoms with E-state index in [1.165, 1.54) is 44.2 Å². The molecule has 4 heterocycles. The Labute approximate surface area is 212 Å². The van der Waals surface area contributed by atoms with E-state index < -0.39 is 0 Å². The number of H-pyrrole nitrogens is 1. The monoisotopic (exact) mass is 488 g/mol. The zero-order valence-corrected chi connectivity index (χ0v) is 21.1. The van der Waals surface area contributed by atoms with Gasteiger partial charge >= 0.3 is 0 Å². The molecular formula is C28H36N6O2. The standard InChI is InChI=1S/C28H36N6O2/c1-21-26(25-7-13-29-20-30-25)31-28(32-27(21)35)36-24-11-17-33(18-12-24)14-8-22-9-15-34(16-10-22)19-23-5-3-2-4-6-23/h2-7,13,20,22,24H,8-12,14-19H2,1H3,(H,31,32,35). The minimum Gasteiger partial charge on any atom is -0.461 e. The molecule has 0 radical (unpaired) electrons. The number of ether oxygens (including phenoxy) is 1. The van der Waals surface area contributed by atoms with Crippen LogP contribution in [0.3, 0.4) is 0 Å². The fourth-order valence-electron chi connectivity index (χ4n) is 5.30. The number of nitrogens with zero attached hydrogens (tertiary/aromatic N) is 5. The molecule has 0 saturated carbocycles. The predicted octanol–water partition coefficient (Wildman–Crippen LogP) is 3.68. The fourth-order valence-corrected chi connectivity index (χ4v) is 5.30. The molecule has 2 aromatic heterocycles. The first kappa shape index (κ1) is 24.6. The molecule has 0 bridgehead atoms. The summed E-state index contributed by atoms with van der Waals surface area (Å²) in [6, 6.07) is 12.8. The average molecular weight is 489 g/mol. The van der Waals surface area contributed by atoms with Gasteiger partial charge in [0.1, 0.15) is 18.1 Å². The highest BCUT2D eigenvalue weighted by Gasteiger charge is 2.24. The van der Waals surface area contributed by atoms with Gasteiger partial charge in [-0.25, -0.2) is 9.97 Å². The summed E-state index contributed by atoms with van der Waals surface area (Å²) in [6.45, 7) is 8.43. The quantitative estimate of drug-likeness (QED) is 0.518. The third kappa shape index (κ3) is 6.36. The van der Waals surface area contributed by atoms with Crippen molar-refractivity contribution in [3.05, 3.63) is 70.4 Å². The van der Waals surface area contributed by atoms with Gasteiger partial charge in [0.2, 0.25) is 0 Å². The van der Waals surface area contributed by atoms with Crippen LogP contribution in [0, 0.1) is 12.8 Å². The summed E-state index contributed by atoms with van der Waals surface area (Å²) < 4.78 is 6.11. The first-order chi connectivity index (χ1) is 17.6. The lowest BCUT2D eigenvalue weighted by Crippen LogP contribution is -2.40. The summed E-state index contributed by atoms with van der Waals surface area (Å²) in [6.07, 6.45) is 8.93. The van der Waals surface area contributed by atoms with Crippen molar-refractivity contribution >= 4 is 0 Å². The maximum absolute atomic E-state index is 12.4. The Bertz CT molecular complexity index is 1150. The molecule has 0 spiro atoms. The lowest BCUT2D eigenvalue weighted by Gasteiger charge is -2.35. The highest BCUT2D eigenvalue weighted by Crippen LogP contribution is 2.24. The van der Waals surface area contributed by atoms with E-state index in [-0.39, 0.29) is 17.7 Å². The van der Waals surface area contributed by atoms with Crippen molar-refractivity contribution in [1.29, 1.82) is 0 Å². The number of likely N-dealkylation sites (tertiary alicyclic amines) is 2. The van der Waals surface area contributed by atoms with E-state index in [1.54, 1.807) is 19.2 Å². The van der Waals surface area contributed by atoms with Crippen LogP contribution in [0.15, 0.2) is 53.7 Å². The number of nitrogens with one attached hydrogen (secondary N) is 1. The van der Waals surface area contributed by atoms with E-state index in [2.05, 4.69) is 60.1 Å². The minimum atomic E-state index is -0.194. The lowest BCUT2D eigenvalue weighted by atomic mass is 9.92. The smallest absolute Gasteiger partial charge is 0.297 e. The molecule has 36 heavy (non-hydrogen) atoms. The summed E-state index contributed by atoms with van der Waals surface area (Å²) in [4.78, 5) is 33.1. The molecule has 5 rings (SSSR count). The van der Waals surface area contributed by atoms with E-state index in [1.807, 2.05) is 0 Å². The van der Waals surface area contributed by atoms with Crippen LogP contribution in [0.5, 0.6) is 6.01 Å². The summed E-state index contributed by atoms with van der Waals surface area (Å²) >= 11 is 0. The van der Waals surface area contributed by atoms with Crippen LogP contribution in [0.4, 0.5) is 0 Å². The maximum atomic E-state index is 12.4. The SMILES string of the molecule is Cc1c(-c2ccncn2)nc(OC2CCN(CCC3CCN(Cc4ccccc4)CC3)CC2)[nH]c1=O. The van der Waals surface area contributed by atoms with Crippen LogP contribution in [-0.4, -0.2) is 68.6 Å². The number of benzene rings is 1. The molecule has 8 nitrogen and oxygen atoms in total. The molecule has 1 aromatic carbocycles. The Morgan fingerprint density at radius 2 is 1.75 bits per heavy atom. The highest BCUT2D eigenvalue weighted by atomic mass is 16.5. The summed E-state index contributed by atoms with van der Waals surface area (Å²) in [5, 5.41) is 0. The molecule has 0 aliphatic carbocycles. The molecule has 0 unspecified atom stereocenters. The van der Waals surface area contributed by atoms with Gasteiger partial charge in [0.15, 0.2) is 0 Å². The van der Waals surface area contributed by atoms with Crippen molar-refractivity contribution in [3.63, 3.8) is 0 Å². The van der Waals surface area contributed by atoms with E-state index in [4.69, 9.17) is 4.74 Å². The third-order valence-corrected chi connectivity index (χ3v) is 7.58. The second kappa shape index (κ2) is 11.8. The van der Waals surface area contributed by atoms with Gasteiger partial charge < -0.3 is 9.64 Å². The second-order valence-corrected chi connectivity index (χ2v) is 10.1. The predicted molar refractivity (Wildman–Crippen MR) is 140 cm³/mol. The van der Waals surface area contributed by atoms with Crippen LogP contribution < -0.4 is 10.3 Å². The lowest BCUT2D eigenvalue weighted by molar-refractivity contribution is 0.0853. The molecule has 1 N–H and O–H groups in total. The summed E-state index contributed by atoms with van der Waals surface area (Å²) in [5.41, 5.74) is 2.92. The molecule has 3 aromatic rings. The molecular weight excluding hydrogens is 452 g/mol. The molecule has 0 atom stereocenters. The second-order valence-electron chi connectivity index (χ2n) is 10.1. The van der Waals surface area contributed by atoms with Gasteiger partial charge in [-0.2, -0.15) is 4.98 Å². The van der Waals surface area contributed by atoms with Gasteiger partial charge in [0.05, 0.1) is 5.69 Å². The first-order valence-corrected chi connectivity index (χ1v) is 13.2. The van der Waals surface area contributed by atoms with Crippen molar-refractivity contribution in [2.24, 2.45) is 5.92 Å². The molecule has 190 valence electrons. The van der Waals surface area contributed by atoms with Gasteiger partial charge in [0.25, 0.3) is 11.6 Å². The number of hydrogen-bond acceptors (Lipinski definition) is 7. The molecule has 0 amide bonds. The number of aromatic nitrogens is 4. The topological polar surface area (TPSA) is 87.2 Å². The zero-order valence-electron chi connectivity index (χ0n) is 21.1. The molecule has 2 aliphatic heterocycles. The van der Waals surface area contributed by atoms with Crippen molar-refractivity contribution in [3.8, 4) is 17.4 Å². The molecule has 2 fully saturated rings. The Hall–Kier alpha value is -3.10. The third-order valence-electron chi connectivity index (χ3n) is 7.58. The van der Waals surface area contributed by atoms with E-state index >= 15 is 0 Å². The summed E-state index contributed by atoms with van der Waals surface area (Å²) in [5.74, 6) is 0.827. The van der Waals surface area contributed by atoms with Crippen LogP contribution in [0.1, 0.15) is 43.2 Å². The Morgan fingerprint density at radius 3 is 2.47 bits per heavy atom. The van der Waals surface area contributed by atoms with Gasteiger partial charge in [-0.05, 0) is 76.2 Å². The van der Waals surface area contributed by atoms with Crippen LogP contribution in [-0.2, 0) is 6.54 Å². The maximum Gasteiger partial charge on any atom is 0.297 e. The van der Waals surface area contributed by atoms with Gasteiger partial charge in [0, 0.05) is 31.4 Å². The van der Waals surface area contributed by atoms with Crippen LogP contribution >= 0.6 is 0 Å². The van der Waals surface area contributed by atoms with Crippen molar-refractivity contribution < 1.29 is 4.74 Å². The fraction of sp³-hybridized carbons (Fsp3) is 0.500. The van der Waals surface area contributed by atoms with Gasteiger partial charge in [-0.1, -0.05) is 30.3 Å². The minimum absolute atomic E-state index is 0.0616. The van der Waals surface area contributed by atoms with Crippen molar-refractivity contribution in [1.82, 2.24) is 29.7 Å². The largest absolute Gasteiger partial charge is 0.461 e. The summed E-state index contributed by atoms with van der Waals surface area (Å²) in [7, 11) is 0. The van der Waals surface area contributed by atoms with Gasteiger partial charge in [-0.15, -0.1) is 0 Å². The number of rotatable bonds is 8. The van der Waals surface area contributed by atoms with E-state index in [9.17, 15) is 4.79 Å². The van der Waals surface area contributed by atoms with E-state index in [0.717, 1.165) is 44.9 Å². The number of piperidine rings is 2.